The van der Waals surface area contributed by atoms with Crippen LogP contribution in [0.3, 0.4) is 0 Å². The van der Waals surface area contributed by atoms with Gasteiger partial charge in [0.2, 0.25) is 5.71 Å². The largest absolute Gasteiger partial charge is 0.464 e. The fraction of sp³-hybridized carbons (Fsp3) is 0.167. The van der Waals surface area contributed by atoms with Crippen LogP contribution in [0.1, 0.15) is 26.3 Å². The fourth-order valence-corrected chi connectivity index (χ4v) is 5.16. The molecule has 2 aromatic carbocycles. The predicted octanol–water partition coefficient (Wildman–Crippen LogP) is 7.30. The second kappa shape index (κ2) is 5.67. The fourth-order valence-electron chi connectivity index (χ4n) is 4.06. The van der Waals surface area contributed by atoms with Crippen molar-refractivity contribution in [1.29, 1.82) is 0 Å². The first-order valence-corrected chi connectivity index (χ1v) is 10.4. The van der Waals surface area contributed by atoms with Crippen LogP contribution in [0.15, 0.2) is 63.2 Å². The Labute approximate surface area is 170 Å². The molecule has 5 heteroatoms. The van der Waals surface area contributed by atoms with Crippen LogP contribution in [0.5, 0.6) is 0 Å². The Morgan fingerprint density at radius 2 is 1.83 bits per heavy atom. The van der Waals surface area contributed by atoms with E-state index in [9.17, 15) is 0 Å². The standard InChI is InChI=1S/C24H18N2O2S/c1-24(2,3)17-10-15(8-14-5-7-29-22(14)17)21-20-16-9-13-4-6-27-18(13)11-19(16)28-23(20)26-12-25-21/h4-12H,1-3H3. The number of thiophene rings is 1. The van der Waals surface area contributed by atoms with Crippen LogP contribution < -0.4 is 0 Å². The van der Waals surface area contributed by atoms with Crippen molar-refractivity contribution >= 4 is 54.5 Å². The molecular weight excluding hydrogens is 380 g/mol. The maximum Gasteiger partial charge on any atom is 0.230 e. The van der Waals surface area contributed by atoms with Gasteiger partial charge in [0, 0.05) is 27.1 Å². The van der Waals surface area contributed by atoms with Gasteiger partial charge in [-0.3, -0.25) is 0 Å². The van der Waals surface area contributed by atoms with Crippen LogP contribution in [-0.2, 0) is 5.41 Å². The Bertz CT molecular complexity index is 1550. The Morgan fingerprint density at radius 3 is 2.69 bits per heavy atom. The molecule has 0 aliphatic heterocycles. The maximum atomic E-state index is 6.05. The van der Waals surface area contributed by atoms with E-state index < -0.39 is 0 Å². The van der Waals surface area contributed by atoms with Gasteiger partial charge in [-0.15, -0.1) is 11.3 Å². The molecule has 4 nitrogen and oxygen atoms in total. The highest BCUT2D eigenvalue weighted by Crippen LogP contribution is 2.41. The molecule has 29 heavy (non-hydrogen) atoms. The van der Waals surface area contributed by atoms with Crippen LogP contribution >= 0.6 is 11.3 Å². The van der Waals surface area contributed by atoms with Gasteiger partial charge in [-0.1, -0.05) is 20.8 Å². The Hall–Kier alpha value is -3.18. The zero-order valence-electron chi connectivity index (χ0n) is 16.3. The van der Waals surface area contributed by atoms with Crippen molar-refractivity contribution in [2.45, 2.75) is 26.2 Å². The lowest BCUT2D eigenvalue weighted by Gasteiger charge is -2.21. The van der Waals surface area contributed by atoms with Gasteiger partial charge in [-0.25, -0.2) is 9.97 Å². The zero-order chi connectivity index (χ0) is 19.8. The lowest BCUT2D eigenvalue weighted by molar-refractivity contribution is 0.597. The number of fused-ring (bicyclic) bond motifs is 5. The summed E-state index contributed by atoms with van der Waals surface area (Å²) in [6, 6.07) is 12.7. The minimum atomic E-state index is 0.0344. The second-order valence-corrected chi connectivity index (χ2v) is 9.34. The Kier molecular flexibility index (Phi) is 3.28. The number of benzene rings is 2. The lowest BCUT2D eigenvalue weighted by atomic mass is 9.85. The van der Waals surface area contributed by atoms with E-state index in [0.29, 0.717) is 5.71 Å². The highest BCUT2D eigenvalue weighted by atomic mass is 32.1. The summed E-state index contributed by atoms with van der Waals surface area (Å²) in [7, 11) is 0. The molecule has 142 valence electrons. The van der Waals surface area contributed by atoms with Gasteiger partial charge in [0.05, 0.1) is 17.3 Å². The molecule has 0 atom stereocenters. The third-order valence-electron chi connectivity index (χ3n) is 5.48. The van der Waals surface area contributed by atoms with Crippen LogP contribution in [-0.4, -0.2) is 9.97 Å². The van der Waals surface area contributed by atoms with Crippen LogP contribution in [0, 0.1) is 0 Å². The summed E-state index contributed by atoms with van der Waals surface area (Å²) in [5, 5.41) is 6.39. The first kappa shape index (κ1) is 16.7. The van der Waals surface area contributed by atoms with Gasteiger partial charge in [0.15, 0.2) is 0 Å². The Balaban J connectivity index is 1.72. The van der Waals surface area contributed by atoms with Gasteiger partial charge < -0.3 is 8.83 Å². The normalized spacial score (nSPS) is 12.7. The molecule has 0 aliphatic carbocycles. The average Bonchev–Trinajstić information content (AvgIpc) is 3.41. The van der Waals surface area contributed by atoms with Crippen LogP contribution in [0.25, 0.3) is 54.4 Å². The highest BCUT2D eigenvalue weighted by Gasteiger charge is 2.22. The first-order valence-electron chi connectivity index (χ1n) is 9.55. The van der Waals surface area contributed by atoms with Gasteiger partial charge in [-0.05, 0) is 52.1 Å². The van der Waals surface area contributed by atoms with Crippen molar-refractivity contribution in [3.8, 4) is 11.3 Å². The SMILES string of the molecule is CC(C)(C)c1cc(-c2ncnc3oc4cc5occc5cc4c23)cc2ccsc12. The highest BCUT2D eigenvalue weighted by molar-refractivity contribution is 7.17. The molecule has 0 saturated carbocycles. The van der Waals surface area contributed by atoms with E-state index in [2.05, 4.69) is 55.4 Å². The van der Waals surface area contributed by atoms with E-state index in [1.165, 1.54) is 15.6 Å². The van der Waals surface area contributed by atoms with E-state index >= 15 is 0 Å². The van der Waals surface area contributed by atoms with E-state index in [1.54, 1.807) is 23.9 Å². The quantitative estimate of drug-likeness (QED) is 0.291. The zero-order valence-corrected chi connectivity index (χ0v) is 17.1. The van der Waals surface area contributed by atoms with Gasteiger partial charge in [0.1, 0.15) is 17.5 Å². The summed E-state index contributed by atoms with van der Waals surface area (Å²) in [5.41, 5.74) is 5.51. The van der Waals surface area contributed by atoms with Crippen molar-refractivity contribution in [2.24, 2.45) is 0 Å². The van der Waals surface area contributed by atoms with Gasteiger partial charge in [0.25, 0.3) is 0 Å². The van der Waals surface area contributed by atoms with Crippen molar-refractivity contribution in [2.75, 3.05) is 0 Å². The molecule has 0 bridgehead atoms. The van der Waals surface area contributed by atoms with Crippen molar-refractivity contribution in [3.63, 3.8) is 0 Å². The smallest absolute Gasteiger partial charge is 0.230 e. The minimum Gasteiger partial charge on any atom is -0.464 e. The molecule has 0 unspecified atom stereocenters. The number of nitrogens with zero attached hydrogens (tertiary/aromatic N) is 2. The second-order valence-electron chi connectivity index (χ2n) is 8.42. The van der Waals surface area contributed by atoms with Crippen molar-refractivity contribution < 1.29 is 8.83 Å². The average molecular weight is 398 g/mol. The summed E-state index contributed by atoms with van der Waals surface area (Å²) < 4.78 is 12.9. The monoisotopic (exact) mass is 398 g/mol. The molecular formula is C24H18N2O2S. The minimum absolute atomic E-state index is 0.0344. The van der Waals surface area contributed by atoms with E-state index in [1.807, 2.05) is 12.1 Å². The molecule has 0 aliphatic rings. The summed E-state index contributed by atoms with van der Waals surface area (Å²) >= 11 is 1.79. The molecule has 0 saturated heterocycles. The summed E-state index contributed by atoms with van der Waals surface area (Å²) in [6.45, 7) is 6.76. The van der Waals surface area contributed by atoms with Crippen molar-refractivity contribution in [1.82, 2.24) is 9.97 Å². The third kappa shape index (κ3) is 2.44. The number of hydrogen-bond donors (Lipinski definition) is 0. The van der Waals surface area contributed by atoms with E-state index in [-0.39, 0.29) is 5.41 Å². The first-order chi connectivity index (χ1) is 14.0. The lowest BCUT2D eigenvalue weighted by Crippen LogP contribution is -2.11. The van der Waals surface area contributed by atoms with E-state index in [4.69, 9.17) is 13.8 Å². The van der Waals surface area contributed by atoms with Crippen LogP contribution in [0.2, 0.25) is 0 Å². The molecule has 0 amide bonds. The third-order valence-corrected chi connectivity index (χ3v) is 6.44. The van der Waals surface area contributed by atoms with Crippen LogP contribution in [0.4, 0.5) is 0 Å². The number of aromatic nitrogens is 2. The number of furan rings is 2. The molecule has 4 heterocycles. The molecule has 0 fully saturated rings. The molecule has 0 spiro atoms. The molecule has 0 radical (unpaired) electrons. The molecule has 0 N–H and O–H groups in total. The summed E-state index contributed by atoms with van der Waals surface area (Å²) in [6.07, 6.45) is 3.28. The topological polar surface area (TPSA) is 52.1 Å². The number of hydrogen-bond acceptors (Lipinski definition) is 5. The number of rotatable bonds is 1. The van der Waals surface area contributed by atoms with E-state index in [0.717, 1.165) is 38.6 Å². The maximum absolute atomic E-state index is 6.05. The predicted molar refractivity (Wildman–Crippen MR) is 119 cm³/mol. The molecule has 6 aromatic rings. The van der Waals surface area contributed by atoms with Gasteiger partial charge >= 0.3 is 0 Å². The Morgan fingerprint density at radius 1 is 0.931 bits per heavy atom. The summed E-state index contributed by atoms with van der Waals surface area (Å²) in [4.78, 5) is 9.09. The molecule has 6 rings (SSSR count). The molecule has 4 aromatic heterocycles. The van der Waals surface area contributed by atoms with Crippen molar-refractivity contribution in [3.05, 3.63) is 59.9 Å². The summed E-state index contributed by atoms with van der Waals surface area (Å²) in [5.74, 6) is 0. The van der Waals surface area contributed by atoms with Gasteiger partial charge in [-0.2, -0.15) is 0 Å².